The lowest BCUT2D eigenvalue weighted by Gasteiger charge is -2.26. The molecule has 2 rings (SSSR count). The first-order valence-corrected chi connectivity index (χ1v) is 6.12. The van der Waals surface area contributed by atoms with Crippen LogP contribution in [0.25, 0.3) is 0 Å². The van der Waals surface area contributed by atoms with E-state index in [0.717, 1.165) is 37.0 Å². The van der Waals surface area contributed by atoms with Crippen molar-refractivity contribution < 1.29 is 4.74 Å². The Balaban J connectivity index is 2.00. The molecule has 3 heteroatoms. The number of nitrogens with zero attached hydrogens (tertiary/aromatic N) is 1. The van der Waals surface area contributed by atoms with E-state index in [4.69, 9.17) is 15.7 Å². The molecule has 0 unspecified atom stereocenters. The Bertz CT molecular complexity index is 428. The van der Waals surface area contributed by atoms with Crippen molar-refractivity contribution in [3.05, 3.63) is 29.3 Å². The molecule has 3 nitrogen and oxygen atoms in total. The minimum atomic E-state index is 0.280. The molecule has 1 saturated carbocycles. The minimum Gasteiger partial charge on any atom is -0.490 e. The molecule has 90 valence electrons. The van der Waals surface area contributed by atoms with Crippen LogP contribution in [0.2, 0.25) is 0 Å². The van der Waals surface area contributed by atoms with Gasteiger partial charge in [0, 0.05) is 6.04 Å². The highest BCUT2D eigenvalue weighted by Gasteiger charge is 2.19. The smallest absolute Gasteiger partial charge is 0.120 e. The van der Waals surface area contributed by atoms with E-state index < -0.39 is 0 Å². The van der Waals surface area contributed by atoms with Gasteiger partial charge in [-0.1, -0.05) is 0 Å². The summed E-state index contributed by atoms with van der Waals surface area (Å²) in [7, 11) is 0. The van der Waals surface area contributed by atoms with E-state index in [1.807, 2.05) is 25.1 Å². The molecule has 1 aliphatic rings. The van der Waals surface area contributed by atoms with Gasteiger partial charge in [-0.3, -0.25) is 0 Å². The van der Waals surface area contributed by atoms with Crippen LogP contribution < -0.4 is 10.5 Å². The molecule has 1 aliphatic carbocycles. The molecule has 1 aromatic carbocycles. The number of hydrogen-bond donors (Lipinski definition) is 1. The average molecular weight is 230 g/mol. The summed E-state index contributed by atoms with van der Waals surface area (Å²) in [5.74, 6) is 0.863. The van der Waals surface area contributed by atoms with Gasteiger partial charge in [-0.25, -0.2) is 0 Å². The zero-order chi connectivity index (χ0) is 12.3. The molecule has 1 fully saturated rings. The van der Waals surface area contributed by atoms with Gasteiger partial charge < -0.3 is 10.5 Å². The molecule has 0 aromatic heterocycles. The van der Waals surface area contributed by atoms with E-state index in [2.05, 4.69) is 6.07 Å². The summed E-state index contributed by atoms with van der Waals surface area (Å²) in [5.41, 5.74) is 7.54. The van der Waals surface area contributed by atoms with Gasteiger partial charge in [-0.15, -0.1) is 0 Å². The van der Waals surface area contributed by atoms with E-state index in [1.54, 1.807) is 0 Å². The molecule has 0 radical (unpaired) electrons. The first-order chi connectivity index (χ1) is 8.19. The first kappa shape index (κ1) is 11.9. The van der Waals surface area contributed by atoms with Crippen LogP contribution in [0.3, 0.4) is 0 Å². The lowest BCUT2D eigenvalue weighted by molar-refractivity contribution is 0.147. The fourth-order valence-electron chi connectivity index (χ4n) is 2.23. The molecule has 0 saturated heterocycles. The van der Waals surface area contributed by atoms with E-state index in [9.17, 15) is 0 Å². The summed E-state index contributed by atoms with van der Waals surface area (Å²) in [5, 5.41) is 8.86. The number of nitriles is 1. The normalized spacial score (nSPS) is 24.1. The SMILES string of the molecule is Cc1cc(OC2CCC(N)CC2)ccc1C#N. The fraction of sp³-hybridized carbons (Fsp3) is 0.500. The van der Waals surface area contributed by atoms with Gasteiger partial charge in [0.2, 0.25) is 0 Å². The van der Waals surface area contributed by atoms with Crippen molar-refractivity contribution >= 4 is 0 Å². The van der Waals surface area contributed by atoms with E-state index >= 15 is 0 Å². The van der Waals surface area contributed by atoms with Crippen LogP contribution in [-0.2, 0) is 0 Å². The highest BCUT2D eigenvalue weighted by Crippen LogP contribution is 2.24. The maximum absolute atomic E-state index is 8.86. The second kappa shape index (κ2) is 5.20. The van der Waals surface area contributed by atoms with E-state index in [1.165, 1.54) is 0 Å². The monoisotopic (exact) mass is 230 g/mol. The summed E-state index contributed by atoms with van der Waals surface area (Å²) in [6.07, 6.45) is 4.42. The Morgan fingerprint density at radius 3 is 2.59 bits per heavy atom. The van der Waals surface area contributed by atoms with Crippen molar-refractivity contribution in [3.63, 3.8) is 0 Å². The van der Waals surface area contributed by atoms with Crippen LogP contribution in [0.15, 0.2) is 18.2 Å². The van der Waals surface area contributed by atoms with Gasteiger partial charge in [-0.2, -0.15) is 5.26 Å². The fourth-order valence-corrected chi connectivity index (χ4v) is 2.23. The van der Waals surface area contributed by atoms with Crippen molar-refractivity contribution in [3.8, 4) is 11.8 Å². The summed E-state index contributed by atoms with van der Waals surface area (Å²) in [6.45, 7) is 1.93. The van der Waals surface area contributed by atoms with Crippen LogP contribution in [0.5, 0.6) is 5.75 Å². The molecule has 0 amide bonds. The van der Waals surface area contributed by atoms with Crippen LogP contribution in [-0.4, -0.2) is 12.1 Å². The third-order valence-corrected chi connectivity index (χ3v) is 3.34. The van der Waals surface area contributed by atoms with Crippen molar-refractivity contribution in [2.24, 2.45) is 5.73 Å². The largest absolute Gasteiger partial charge is 0.490 e. The molecule has 0 bridgehead atoms. The van der Waals surface area contributed by atoms with Gasteiger partial charge in [0.15, 0.2) is 0 Å². The molecule has 1 aromatic rings. The quantitative estimate of drug-likeness (QED) is 0.849. The third kappa shape index (κ3) is 2.98. The number of hydrogen-bond acceptors (Lipinski definition) is 3. The van der Waals surface area contributed by atoms with Gasteiger partial charge in [0.25, 0.3) is 0 Å². The maximum atomic E-state index is 8.86. The molecule has 0 heterocycles. The Kier molecular flexibility index (Phi) is 3.65. The summed E-state index contributed by atoms with van der Waals surface area (Å²) >= 11 is 0. The molecule has 0 aliphatic heterocycles. The zero-order valence-corrected chi connectivity index (χ0v) is 10.1. The van der Waals surface area contributed by atoms with Gasteiger partial charge in [0.1, 0.15) is 5.75 Å². The van der Waals surface area contributed by atoms with E-state index in [0.29, 0.717) is 11.6 Å². The highest BCUT2D eigenvalue weighted by atomic mass is 16.5. The van der Waals surface area contributed by atoms with Crippen molar-refractivity contribution in [2.45, 2.75) is 44.8 Å². The predicted octanol–water partition coefficient (Wildman–Crippen LogP) is 2.52. The van der Waals surface area contributed by atoms with Crippen LogP contribution >= 0.6 is 0 Å². The van der Waals surface area contributed by atoms with Crippen LogP contribution in [0, 0.1) is 18.3 Å². The first-order valence-electron chi connectivity index (χ1n) is 6.12. The molecule has 17 heavy (non-hydrogen) atoms. The Labute approximate surface area is 102 Å². The Morgan fingerprint density at radius 2 is 2.00 bits per heavy atom. The third-order valence-electron chi connectivity index (χ3n) is 3.34. The van der Waals surface area contributed by atoms with Gasteiger partial charge in [-0.05, 0) is 56.4 Å². The summed E-state index contributed by atoms with van der Waals surface area (Å²) in [6, 6.07) is 8.14. The molecule has 0 spiro atoms. The second-order valence-corrected chi connectivity index (χ2v) is 4.74. The van der Waals surface area contributed by atoms with Crippen molar-refractivity contribution in [2.75, 3.05) is 0 Å². The molecular weight excluding hydrogens is 212 g/mol. The standard InChI is InChI=1S/C14H18N2O/c1-10-8-14(5-2-11(10)9-15)17-13-6-3-12(16)4-7-13/h2,5,8,12-13H,3-4,6-7,16H2,1H3. The Hall–Kier alpha value is -1.53. The van der Waals surface area contributed by atoms with Crippen LogP contribution in [0.4, 0.5) is 0 Å². The van der Waals surface area contributed by atoms with Gasteiger partial charge in [0.05, 0.1) is 17.7 Å². The highest BCUT2D eigenvalue weighted by molar-refractivity contribution is 5.41. The molecule has 0 atom stereocenters. The number of rotatable bonds is 2. The summed E-state index contributed by atoms with van der Waals surface area (Å²) < 4.78 is 5.92. The lowest BCUT2D eigenvalue weighted by Crippen LogP contribution is -2.31. The van der Waals surface area contributed by atoms with Crippen molar-refractivity contribution in [1.29, 1.82) is 5.26 Å². The molecular formula is C14H18N2O. The number of ether oxygens (including phenoxy) is 1. The predicted molar refractivity (Wildman–Crippen MR) is 66.8 cm³/mol. The second-order valence-electron chi connectivity index (χ2n) is 4.74. The number of aryl methyl sites for hydroxylation is 1. The molecule has 2 N–H and O–H groups in total. The Morgan fingerprint density at radius 1 is 1.29 bits per heavy atom. The maximum Gasteiger partial charge on any atom is 0.120 e. The number of nitrogens with two attached hydrogens (primary N) is 1. The summed E-state index contributed by atoms with van der Waals surface area (Å²) in [4.78, 5) is 0. The van der Waals surface area contributed by atoms with Gasteiger partial charge >= 0.3 is 0 Å². The lowest BCUT2D eigenvalue weighted by atomic mass is 9.94. The van der Waals surface area contributed by atoms with Crippen LogP contribution in [0.1, 0.15) is 36.8 Å². The number of benzene rings is 1. The zero-order valence-electron chi connectivity index (χ0n) is 10.1. The van der Waals surface area contributed by atoms with E-state index in [-0.39, 0.29) is 6.10 Å². The minimum absolute atomic E-state index is 0.280. The topological polar surface area (TPSA) is 59.0 Å². The van der Waals surface area contributed by atoms with Crippen molar-refractivity contribution in [1.82, 2.24) is 0 Å². The average Bonchev–Trinajstić information content (AvgIpc) is 2.32.